The van der Waals surface area contributed by atoms with Gasteiger partial charge in [0.05, 0.1) is 13.1 Å². The van der Waals surface area contributed by atoms with Crippen molar-refractivity contribution < 1.29 is 10.6 Å². The number of quaternary nitrogens is 2. The Morgan fingerprint density at radius 3 is 2.45 bits per heavy atom. The molecule has 0 aromatic heterocycles. The fourth-order valence-electron chi connectivity index (χ4n) is 1.87. The summed E-state index contributed by atoms with van der Waals surface area (Å²) in [6.45, 7) is 8.60. The maximum Gasteiger partial charge on any atom is 0.131 e. The molecule has 2 nitrogen and oxygen atoms in total. The van der Waals surface area contributed by atoms with E-state index in [0.29, 0.717) is 6.04 Å². The molecule has 1 atom stereocenters. The van der Waals surface area contributed by atoms with Crippen LogP contribution in [0.2, 0.25) is 0 Å². The van der Waals surface area contributed by atoms with Gasteiger partial charge < -0.3 is 10.6 Å². The quantitative estimate of drug-likeness (QED) is 0.513. The molecule has 0 saturated carbocycles. The van der Waals surface area contributed by atoms with Gasteiger partial charge in [-0.1, -0.05) is 6.92 Å². The van der Waals surface area contributed by atoms with Crippen LogP contribution in [0.1, 0.15) is 26.7 Å². The molecule has 1 aliphatic rings. The first-order valence-corrected chi connectivity index (χ1v) is 4.85. The Labute approximate surface area is 69.8 Å². The molecule has 0 spiro atoms. The summed E-state index contributed by atoms with van der Waals surface area (Å²) < 4.78 is 0. The van der Waals surface area contributed by atoms with Crippen LogP contribution in [0, 0.1) is 5.92 Å². The van der Waals surface area contributed by atoms with Crippen LogP contribution >= 0.6 is 0 Å². The van der Waals surface area contributed by atoms with Gasteiger partial charge in [-0.05, 0) is 25.7 Å². The molecule has 0 aromatic rings. The van der Waals surface area contributed by atoms with E-state index in [9.17, 15) is 0 Å². The number of nitrogens with one attached hydrogen (secondary N) is 1. The minimum atomic E-state index is 0.624. The number of hydrogen-bond acceptors (Lipinski definition) is 0. The SMILES string of the molecule is CC1CC[NH+](C[C@H](C)[NH3+])CC1. The largest absolute Gasteiger partial charge is 0.351 e. The van der Waals surface area contributed by atoms with Gasteiger partial charge in [0, 0.05) is 0 Å². The first-order chi connectivity index (χ1) is 5.18. The fraction of sp³-hybridized carbons (Fsp3) is 1.00. The number of hydrogen-bond donors (Lipinski definition) is 2. The van der Waals surface area contributed by atoms with Gasteiger partial charge in [0.25, 0.3) is 0 Å². The molecule has 0 radical (unpaired) electrons. The first kappa shape index (κ1) is 9.01. The Balaban J connectivity index is 2.17. The molecule has 0 unspecified atom stereocenters. The number of piperidine rings is 1. The van der Waals surface area contributed by atoms with Crippen LogP contribution in [0.15, 0.2) is 0 Å². The molecule has 0 amide bonds. The van der Waals surface area contributed by atoms with E-state index in [0.717, 1.165) is 5.92 Å². The lowest BCUT2D eigenvalue weighted by molar-refractivity contribution is -0.914. The lowest BCUT2D eigenvalue weighted by Gasteiger charge is -2.27. The summed E-state index contributed by atoms with van der Waals surface area (Å²) in [5.41, 5.74) is 4.03. The van der Waals surface area contributed by atoms with Gasteiger partial charge in [0.1, 0.15) is 12.6 Å². The third-order valence-corrected chi connectivity index (χ3v) is 2.62. The Bertz CT molecular complexity index is 104. The minimum Gasteiger partial charge on any atom is -0.351 e. The summed E-state index contributed by atoms with van der Waals surface area (Å²) in [6.07, 6.45) is 2.84. The Morgan fingerprint density at radius 2 is 2.00 bits per heavy atom. The highest BCUT2D eigenvalue weighted by molar-refractivity contribution is 4.56. The van der Waals surface area contributed by atoms with E-state index in [1.807, 2.05) is 0 Å². The monoisotopic (exact) mass is 158 g/mol. The summed E-state index contributed by atoms with van der Waals surface area (Å²) in [4.78, 5) is 1.77. The normalized spacial score (nSPS) is 35.2. The van der Waals surface area contributed by atoms with Crippen LogP contribution < -0.4 is 10.6 Å². The Kier molecular flexibility index (Phi) is 3.34. The zero-order chi connectivity index (χ0) is 8.27. The molecule has 2 heteroatoms. The molecule has 1 heterocycles. The van der Waals surface area contributed by atoms with Gasteiger partial charge in [-0.15, -0.1) is 0 Å². The van der Waals surface area contributed by atoms with Crippen molar-refractivity contribution in [2.75, 3.05) is 19.6 Å². The highest BCUT2D eigenvalue weighted by atomic mass is 15.1. The minimum absolute atomic E-state index is 0.624. The van der Waals surface area contributed by atoms with Crippen LogP contribution in [-0.2, 0) is 0 Å². The van der Waals surface area contributed by atoms with Crippen LogP contribution in [0.4, 0.5) is 0 Å². The third kappa shape index (κ3) is 3.21. The smallest absolute Gasteiger partial charge is 0.131 e. The average molecular weight is 158 g/mol. The molecule has 11 heavy (non-hydrogen) atoms. The van der Waals surface area contributed by atoms with Crippen LogP contribution in [0.5, 0.6) is 0 Å². The predicted molar refractivity (Wildman–Crippen MR) is 46.3 cm³/mol. The van der Waals surface area contributed by atoms with Gasteiger partial charge in [0.15, 0.2) is 0 Å². The summed E-state index contributed by atoms with van der Waals surface area (Å²) in [5.74, 6) is 0.971. The molecular formula is C9H22N2+2. The predicted octanol–water partition coefficient (Wildman–Crippen LogP) is -1.07. The molecule has 1 rings (SSSR count). The second-order valence-corrected chi connectivity index (χ2v) is 4.24. The van der Waals surface area contributed by atoms with Crippen molar-refractivity contribution in [3.8, 4) is 0 Å². The molecular weight excluding hydrogens is 136 g/mol. The van der Waals surface area contributed by atoms with Crippen molar-refractivity contribution in [2.45, 2.75) is 32.7 Å². The van der Waals surface area contributed by atoms with Crippen LogP contribution in [0.25, 0.3) is 0 Å². The molecule has 4 N–H and O–H groups in total. The summed E-state index contributed by atoms with van der Waals surface area (Å²) in [7, 11) is 0. The van der Waals surface area contributed by atoms with E-state index in [1.54, 1.807) is 4.90 Å². The van der Waals surface area contributed by atoms with E-state index < -0.39 is 0 Å². The van der Waals surface area contributed by atoms with E-state index in [2.05, 4.69) is 19.6 Å². The summed E-state index contributed by atoms with van der Waals surface area (Å²) in [5, 5.41) is 0. The van der Waals surface area contributed by atoms with Crippen molar-refractivity contribution in [1.82, 2.24) is 0 Å². The zero-order valence-corrected chi connectivity index (χ0v) is 7.90. The van der Waals surface area contributed by atoms with Crippen molar-refractivity contribution >= 4 is 0 Å². The second kappa shape index (κ2) is 4.07. The summed E-state index contributed by atoms with van der Waals surface area (Å²) >= 11 is 0. The highest BCUT2D eigenvalue weighted by Gasteiger charge is 2.20. The van der Waals surface area contributed by atoms with Gasteiger partial charge in [0.2, 0.25) is 0 Å². The number of likely N-dealkylation sites (tertiary alicyclic amines) is 1. The molecule has 1 saturated heterocycles. The Hall–Kier alpha value is -0.0800. The molecule has 0 aromatic carbocycles. The lowest BCUT2D eigenvalue weighted by atomic mass is 9.99. The summed E-state index contributed by atoms with van der Waals surface area (Å²) in [6, 6.07) is 0.624. The van der Waals surface area contributed by atoms with Crippen molar-refractivity contribution in [3.05, 3.63) is 0 Å². The third-order valence-electron chi connectivity index (χ3n) is 2.62. The van der Waals surface area contributed by atoms with Gasteiger partial charge >= 0.3 is 0 Å². The highest BCUT2D eigenvalue weighted by Crippen LogP contribution is 2.06. The zero-order valence-electron chi connectivity index (χ0n) is 7.90. The lowest BCUT2D eigenvalue weighted by Crippen LogP contribution is -3.15. The fourth-order valence-corrected chi connectivity index (χ4v) is 1.87. The maximum atomic E-state index is 4.03. The Morgan fingerprint density at radius 1 is 1.45 bits per heavy atom. The van der Waals surface area contributed by atoms with E-state index in [-0.39, 0.29) is 0 Å². The molecule has 0 bridgehead atoms. The second-order valence-electron chi connectivity index (χ2n) is 4.24. The van der Waals surface area contributed by atoms with Crippen LogP contribution in [0.3, 0.4) is 0 Å². The van der Waals surface area contributed by atoms with E-state index in [4.69, 9.17) is 0 Å². The van der Waals surface area contributed by atoms with E-state index >= 15 is 0 Å². The van der Waals surface area contributed by atoms with Crippen molar-refractivity contribution in [2.24, 2.45) is 5.92 Å². The standard InChI is InChI=1S/C9H20N2/c1-8-3-5-11(6-4-8)7-9(2)10/h8-9H,3-7,10H2,1-2H3/p+2/t9-/m0/s1. The van der Waals surface area contributed by atoms with Gasteiger partial charge in [-0.2, -0.15) is 0 Å². The molecule has 1 aliphatic heterocycles. The first-order valence-electron chi connectivity index (χ1n) is 4.85. The molecule has 0 aliphatic carbocycles. The van der Waals surface area contributed by atoms with Gasteiger partial charge in [-0.25, -0.2) is 0 Å². The van der Waals surface area contributed by atoms with Crippen molar-refractivity contribution in [3.63, 3.8) is 0 Å². The molecule has 1 fully saturated rings. The van der Waals surface area contributed by atoms with Crippen LogP contribution in [-0.4, -0.2) is 25.7 Å². The van der Waals surface area contributed by atoms with Crippen molar-refractivity contribution in [1.29, 1.82) is 0 Å². The average Bonchev–Trinajstić information content (AvgIpc) is 1.93. The topological polar surface area (TPSA) is 32.1 Å². The van der Waals surface area contributed by atoms with Gasteiger partial charge in [-0.3, -0.25) is 0 Å². The maximum absolute atomic E-state index is 4.03. The van der Waals surface area contributed by atoms with E-state index in [1.165, 1.54) is 32.5 Å². The number of rotatable bonds is 2. The molecule has 66 valence electrons.